The van der Waals surface area contributed by atoms with E-state index < -0.39 is 17.6 Å². The summed E-state index contributed by atoms with van der Waals surface area (Å²) in [5, 5.41) is 4.00. The van der Waals surface area contributed by atoms with Crippen LogP contribution in [0.3, 0.4) is 0 Å². The van der Waals surface area contributed by atoms with Gasteiger partial charge in [-0.05, 0) is 61.1 Å². The van der Waals surface area contributed by atoms with E-state index >= 15 is 0 Å². The predicted molar refractivity (Wildman–Crippen MR) is 121 cm³/mol. The van der Waals surface area contributed by atoms with Crippen LogP contribution in [0.25, 0.3) is 6.08 Å². The Labute approximate surface area is 190 Å². The number of nitrogens with zero attached hydrogens (tertiary/aromatic N) is 2. The Morgan fingerprint density at radius 2 is 1.88 bits per heavy atom. The number of carbonyl (C=O) groups excluding carboxylic acids is 1. The van der Waals surface area contributed by atoms with Gasteiger partial charge in [-0.25, -0.2) is 0 Å². The Hall–Kier alpha value is -3.35. The van der Waals surface area contributed by atoms with Crippen molar-refractivity contribution in [1.29, 1.82) is 0 Å². The molecule has 172 valence electrons. The molecule has 0 unspecified atom stereocenters. The Morgan fingerprint density at radius 3 is 2.42 bits per heavy atom. The predicted octanol–water partition coefficient (Wildman–Crippen LogP) is 7.01. The summed E-state index contributed by atoms with van der Waals surface area (Å²) in [4.78, 5) is 13.8. The SMILES string of the molecule is C=Cc1cc2c(c(C(F)(F)F)c1)CN(c1ccccc1)C2=O.Cc1conc1C1CC(C)C1. The summed E-state index contributed by atoms with van der Waals surface area (Å²) in [6.45, 7) is 7.76. The number of carbonyl (C=O) groups is 1. The fourth-order valence-electron chi connectivity index (χ4n) is 4.43. The van der Waals surface area contributed by atoms with E-state index in [1.54, 1.807) is 36.6 Å². The molecule has 5 rings (SSSR count). The number of halogens is 3. The molecular weight excluding hydrogens is 429 g/mol. The highest BCUT2D eigenvalue weighted by atomic mass is 19.4. The highest BCUT2D eigenvalue weighted by Crippen LogP contribution is 2.41. The first kappa shape index (κ1) is 22.8. The molecule has 0 atom stereocenters. The second kappa shape index (κ2) is 8.89. The van der Waals surface area contributed by atoms with E-state index in [1.807, 2.05) is 0 Å². The number of fused-ring (bicyclic) bond motifs is 1. The van der Waals surface area contributed by atoms with Crippen molar-refractivity contribution in [3.63, 3.8) is 0 Å². The molecule has 7 heteroatoms. The lowest BCUT2D eigenvalue weighted by atomic mass is 9.74. The molecule has 0 N–H and O–H groups in total. The minimum Gasteiger partial charge on any atom is -0.364 e. The van der Waals surface area contributed by atoms with Crippen LogP contribution in [0.1, 0.15) is 64.0 Å². The van der Waals surface area contributed by atoms with Crippen LogP contribution in [0.2, 0.25) is 0 Å². The minimum absolute atomic E-state index is 0.0203. The molecule has 1 fully saturated rings. The van der Waals surface area contributed by atoms with Gasteiger partial charge in [0.2, 0.25) is 0 Å². The highest BCUT2D eigenvalue weighted by molar-refractivity contribution is 6.10. The smallest absolute Gasteiger partial charge is 0.364 e. The van der Waals surface area contributed by atoms with E-state index in [4.69, 9.17) is 4.52 Å². The first-order valence-corrected chi connectivity index (χ1v) is 10.8. The Kier molecular flexibility index (Phi) is 6.15. The molecule has 3 aromatic rings. The fourth-order valence-corrected chi connectivity index (χ4v) is 4.43. The quantitative estimate of drug-likeness (QED) is 0.428. The number of alkyl halides is 3. The number of amides is 1. The highest BCUT2D eigenvalue weighted by Gasteiger charge is 2.40. The van der Waals surface area contributed by atoms with Gasteiger partial charge in [0.25, 0.3) is 5.91 Å². The van der Waals surface area contributed by atoms with Gasteiger partial charge in [0.1, 0.15) is 6.26 Å². The molecule has 2 aliphatic rings. The van der Waals surface area contributed by atoms with Crippen LogP contribution in [-0.4, -0.2) is 11.1 Å². The van der Waals surface area contributed by atoms with Gasteiger partial charge in [0, 0.05) is 22.7 Å². The molecule has 0 saturated heterocycles. The zero-order valence-corrected chi connectivity index (χ0v) is 18.5. The number of benzene rings is 2. The van der Waals surface area contributed by atoms with Crippen LogP contribution in [0, 0.1) is 12.8 Å². The van der Waals surface area contributed by atoms with Crippen LogP contribution < -0.4 is 4.90 Å². The summed E-state index contributed by atoms with van der Waals surface area (Å²) in [6, 6.07) is 11.2. The van der Waals surface area contributed by atoms with E-state index in [1.165, 1.54) is 41.1 Å². The number of para-hydroxylation sites is 1. The van der Waals surface area contributed by atoms with Gasteiger partial charge in [-0.15, -0.1) is 0 Å². The van der Waals surface area contributed by atoms with Gasteiger partial charge in [0.15, 0.2) is 0 Å². The first-order valence-electron chi connectivity index (χ1n) is 10.8. The van der Waals surface area contributed by atoms with Gasteiger partial charge in [-0.1, -0.05) is 42.9 Å². The third-order valence-electron chi connectivity index (χ3n) is 6.22. The van der Waals surface area contributed by atoms with E-state index in [-0.39, 0.29) is 23.2 Å². The number of rotatable bonds is 3. The molecular formula is C26H25F3N2O2. The monoisotopic (exact) mass is 454 g/mol. The Morgan fingerprint density at radius 1 is 1.18 bits per heavy atom. The molecule has 2 aromatic carbocycles. The summed E-state index contributed by atoms with van der Waals surface area (Å²) >= 11 is 0. The molecule has 0 spiro atoms. The van der Waals surface area contributed by atoms with Crippen LogP contribution in [0.4, 0.5) is 18.9 Å². The zero-order valence-electron chi connectivity index (χ0n) is 18.5. The summed E-state index contributed by atoms with van der Waals surface area (Å²) < 4.78 is 44.6. The standard InChI is InChI=1S/C17H12F3NO.C9H13NO/c1-2-11-8-13-14(15(9-11)17(18,19)20)10-21(16(13)22)12-6-4-3-5-7-12;1-6-3-8(4-6)9-7(2)5-11-10-9/h2-9H,1,10H2;5-6,8H,3-4H2,1-2H3. The van der Waals surface area contributed by atoms with Crippen LogP contribution in [0.15, 0.2) is 59.8 Å². The van der Waals surface area contributed by atoms with Crippen molar-refractivity contribution >= 4 is 17.7 Å². The molecule has 1 saturated carbocycles. The van der Waals surface area contributed by atoms with Gasteiger partial charge in [-0.2, -0.15) is 13.2 Å². The molecule has 1 aromatic heterocycles. The van der Waals surface area contributed by atoms with Crippen molar-refractivity contribution in [3.8, 4) is 0 Å². The van der Waals surface area contributed by atoms with Crippen molar-refractivity contribution in [1.82, 2.24) is 5.16 Å². The third kappa shape index (κ3) is 4.58. The van der Waals surface area contributed by atoms with Crippen molar-refractivity contribution in [2.45, 2.75) is 45.3 Å². The molecule has 1 aliphatic heterocycles. The van der Waals surface area contributed by atoms with Gasteiger partial charge in [0.05, 0.1) is 17.8 Å². The normalized spacial score (nSPS) is 19.4. The summed E-state index contributed by atoms with van der Waals surface area (Å²) in [6.07, 6.45) is 1.11. The topological polar surface area (TPSA) is 46.3 Å². The lowest BCUT2D eigenvalue weighted by Crippen LogP contribution is -2.22. The van der Waals surface area contributed by atoms with Crippen LogP contribution in [-0.2, 0) is 12.7 Å². The van der Waals surface area contributed by atoms with E-state index in [0.29, 0.717) is 11.6 Å². The maximum absolute atomic E-state index is 13.3. The van der Waals surface area contributed by atoms with Gasteiger partial charge < -0.3 is 9.42 Å². The molecule has 1 aliphatic carbocycles. The molecule has 0 bridgehead atoms. The first-order chi connectivity index (χ1) is 15.7. The fraction of sp³-hybridized carbons (Fsp3) is 0.308. The largest absolute Gasteiger partial charge is 0.416 e. The van der Waals surface area contributed by atoms with Crippen molar-refractivity contribution in [2.75, 3.05) is 4.90 Å². The molecule has 2 heterocycles. The van der Waals surface area contributed by atoms with E-state index in [0.717, 1.165) is 12.0 Å². The lowest BCUT2D eigenvalue weighted by molar-refractivity contribution is -0.138. The number of hydrogen-bond acceptors (Lipinski definition) is 3. The van der Waals surface area contributed by atoms with Crippen molar-refractivity contribution in [2.24, 2.45) is 5.92 Å². The van der Waals surface area contributed by atoms with Crippen molar-refractivity contribution in [3.05, 3.63) is 88.8 Å². The average molecular weight is 454 g/mol. The van der Waals surface area contributed by atoms with Crippen LogP contribution >= 0.6 is 0 Å². The third-order valence-corrected chi connectivity index (χ3v) is 6.22. The second-order valence-corrected chi connectivity index (χ2v) is 8.68. The van der Waals surface area contributed by atoms with E-state index in [2.05, 4.69) is 25.6 Å². The second-order valence-electron chi connectivity index (χ2n) is 8.68. The van der Waals surface area contributed by atoms with Crippen molar-refractivity contribution < 1.29 is 22.5 Å². The average Bonchev–Trinajstić information content (AvgIpc) is 3.34. The zero-order chi connectivity index (χ0) is 23.8. The Bertz CT molecular complexity index is 1160. The molecule has 0 radical (unpaired) electrons. The number of aryl methyl sites for hydroxylation is 1. The number of aromatic nitrogens is 1. The molecule has 1 amide bonds. The Balaban J connectivity index is 0.000000196. The van der Waals surface area contributed by atoms with E-state index in [9.17, 15) is 18.0 Å². The maximum Gasteiger partial charge on any atom is 0.416 e. The minimum atomic E-state index is -4.50. The lowest BCUT2D eigenvalue weighted by Gasteiger charge is -2.31. The van der Waals surface area contributed by atoms with Gasteiger partial charge in [-0.3, -0.25) is 4.79 Å². The van der Waals surface area contributed by atoms with Gasteiger partial charge >= 0.3 is 6.18 Å². The molecule has 33 heavy (non-hydrogen) atoms. The maximum atomic E-state index is 13.3. The summed E-state index contributed by atoms with van der Waals surface area (Å²) in [7, 11) is 0. The summed E-state index contributed by atoms with van der Waals surface area (Å²) in [5.41, 5.74) is 2.60. The number of anilines is 1. The number of hydrogen-bond donors (Lipinski definition) is 0. The van der Waals surface area contributed by atoms with Crippen LogP contribution in [0.5, 0.6) is 0 Å². The summed E-state index contributed by atoms with van der Waals surface area (Å²) in [5.74, 6) is 1.15. The molecule has 4 nitrogen and oxygen atoms in total.